The van der Waals surface area contributed by atoms with Crippen LogP contribution in [0.25, 0.3) is 21.9 Å². The third-order valence-electron chi connectivity index (χ3n) is 5.32. The lowest BCUT2D eigenvalue weighted by Crippen LogP contribution is -2.28. The molecule has 1 aliphatic carbocycles. The molecule has 1 unspecified atom stereocenters. The Hall–Kier alpha value is -3.08. The molecular weight excluding hydrogens is 324 g/mol. The summed E-state index contributed by atoms with van der Waals surface area (Å²) in [6.07, 6.45) is 2.79. The molecule has 130 valence electrons. The predicted octanol–water partition coefficient (Wildman–Crippen LogP) is 4.03. The average Bonchev–Trinajstić information content (AvgIpc) is 3.12. The molecule has 0 bridgehead atoms. The van der Waals surface area contributed by atoms with Gasteiger partial charge in [-0.25, -0.2) is 4.98 Å². The fourth-order valence-corrected chi connectivity index (χ4v) is 3.67. The average molecular weight is 344 g/mol. The van der Waals surface area contributed by atoms with Crippen LogP contribution in [0.4, 0.5) is 0 Å². The van der Waals surface area contributed by atoms with Crippen molar-refractivity contribution >= 4 is 27.8 Å². The summed E-state index contributed by atoms with van der Waals surface area (Å²) in [6, 6.07) is 16.3. The molecule has 4 aromatic rings. The Labute approximate surface area is 150 Å². The molecule has 1 saturated carbocycles. The van der Waals surface area contributed by atoms with Crippen LogP contribution in [0.1, 0.15) is 36.7 Å². The highest BCUT2D eigenvalue weighted by Gasteiger charge is 2.46. The summed E-state index contributed by atoms with van der Waals surface area (Å²) < 4.78 is 0. The number of hydrogen-bond donors (Lipinski definition) is 3. The second-order valence-corrected chi connectivity index (χ2v) is 7.14. The van der Waals surface area contributed by atoms with E-state index in [0.717, 1.165) is 34.4 Å². The largest absolute Gasteiger partial charge is 0.361 e. The smallest absolute Gasteiger partial charge is 0.224 e. The fraction of sp³-hybridized carbons (Fsp3) is 0.238. The van der Waals surface area contributed by atoms with Gasteiger partial charge < -0.3 is 15.3 Å². The number of H-pyrrole nitrogens is 2. The number of nitrogens with one attached hydrogen (secondary N) is 3. The number of nitrogens with zero attached hydrogens (tertiary/aromatic N) is 1. The third kappa shape index (κ3) is 2.56. The Morgan fingerprint density at radius 2 is 2.08 bits per heavy atom. The second-order valence-electron chi connectivity index (χ2n) is 7.14. The van der Waals surface area contributed by atoms with E-state index in [1.807, 2.05) is 43.5 Å². The van der Waals surface area contributed by atoms with Crippen molar-refractivity contribution in [3.63, 3.8) is 0 Å². The fourth-order valence-electron chi connectivity index (χ4n) is 3.67. The van der Waals surface area contributed by atoms with Crippen molar-refractivity contribution in [2.24, 2.45) is 5.92 Å². The van der Waals surface area contributed by atoms with Crippen LogP contribution in [-0.4, -0.2) is 20.9 Å². The summed E-state index contributed by atoms with van der Waals surface area (Å²) in [7, 11) is 0. The van der Waals surface area contributed by atoms with E-state index in [4.69, 9.17) is 0 Å². The molecule has 2 heterocycles. The van der Waals surface area contributed by atoms with Gasteiger partial charge >= 0.3 is 0 Å². The number of hydrogen-bond acceptors (Lipinski definition) is 2. The maximum Gasteiger partial charge on any atom is 0.224 e. The van der Waals surface area contributed by atoms with E-state index in [1.54, 1.807) is 0 Å². The van der Waals surface area contributed by atoms with Crippen LogP contribution < -0.4 is 5.32 Å². The third-order valence-corrected chi connectivity index (χ3v) is 5.32. The Morgan fingerprint density at radius 1 is 1.19 bits per heavy atom. The molecule has 0 radical (unpaired) electrons. The number of rotatable bonds is 4. The lowest BCUT2D eigenvalue weighted by molar-refractivity contribution is -0.123. The van der Waals surface area contributed by atoms with Crippen LogP contribution in [0.2, 0.25) is 0 Å². The van der Waals surface area contributed by atoms with Gasteiger partial charge in [0.05, 0.1) is 17.1 Å². The van der Waals surface area contributed by atoms with Gasteiger partial charge in [-0.1, -0.05) is 24.3 Å². The summed E-state index contributed by atoms with van der Waals surface area (Å²) >= 11 is 0. The van der Waals surface area contributed by atoms with Crippen molar-refractivity contribution in [1.29, 1.82) is 0 Å². The molecule has 0 aliphatic heterocycles. The maximum atomic E-state index is 12.6. The number of fused-ring (bicyclic) bond motifs is 2. The number of imidazole rings is 1. The standard InChI is InChI=1S/C21H20N4O/c1-12(14-7-6-13-8-9-22-19(13)10-14)23-21(26)16-11-15(16)20-24-17-4-2-3-5-18(17)25-20/h2-10,12,15-16,22H,11H2,1H3,(H,23,26)(H,24,25)/t12-,15+,16?/m1/s1. The van der Waals surface area contributed by atoms with Crippen molar-refractivity contribution in [3.8, 4) is 0 Å². The molecule has 0 spiro atoms. The predicted molar refractivity (Wildman–Crippen MR) is 102 cm³/mol. The van der Waals surface area contributed by atoms with Crippen LogP contribution in [0.15, 0.2) is 54.7 Å². The molecule has 1 amide bonds. The zero-order valence-corrected chi connectivity index (χ0v) is 14.5. The molecule has 2 aromatic carbocycles. The zero-order valence-electron chi connectivity index (χ0n) is 14.5. The minimum absolute atomic E-state index is 0.00670. The molecule has 0 saturated heterocycles. The lowest BCUT2D eigenvalue weighted by atomic mass is 10.1. The highest BCUT2D eigenvalue weighted by atomic mass is 16.2. The topological polar surface area (TPSA) is 73.6 Å². The number of amides is 1. The number of benzene rings is 2. The molecule has 5 nitrogen and oxygen atoms in total. The molecule has 3 atom stereocenters. The van der Waals surface area contributed by atoms with Gasteiger partial charge in [-0.3, -0.25) is 4.79 Å². The quantitative estimate of drug-likeness (QED) is 0.523. The number of carbonyl (C=O) groups is 1. The van der Waals surface area contributed by atoms with E-state index in [1.165, 1.54) is 5.39 Å². The Balaban J connectivity index is 1.28. The van der Waals surface area contributed by atoms with Crippen LogP contribution >= 0.6 is 0 Å². The number of para-hydroxylation sites is 2. The van der Waals surface area contributed by atoms with Crippen molar-refractivity contribution in [1.82, 2.24) is 20.3 Å². The lowest BCUT2D eigenvalue weighted by Gasteiger charge is -2.14. The first-order valence-corrected chi connectivity index (χ1v) is 9.01. The van der Waals surface area contributed by atoms with E-state index < -0.39 is 0 Å². The van der Waals surface area contributed by atoms with Crippen LogP contribution in [0, 0.1) is 5.92 Å². The first kappa shape index (κ1) is 15.2. The van der Waals surface area contributed by atoms with Gasteiger partial charge in [0.2, 0.25) is 5.91 Å². The molecule has 5 rings (SSSR count). The van der Waals surface area contributed by atoms with Gasteiger partial charge in [-0.05, 0) is 48.6 Å². The summed E-state index contributed by atoms with van der Waals surface area (Å²) in [5, 5.41) is 4.33. The summed E-state index contributed by atoms with van der Waals surface area (Å²) in [5.41, 5.74) is 4.19. The van der Waals surface area contributed by atoms with E-state index >= 15 is 0 Å². The van der Waals surface area contributed by atoms with Crippen LogP contribution in [0.5, 0.6) is 0 Å². The van der Waals surface area contributed by atoms with Crippen molar-refractivity contribution in [3.05, 3.63) is 66.1 Å². The molecule has 3 N–H and O–H groups in total. The number of aromatic nitrogens is 3. The number of carbonyl (C=O) groups excluding carboxylic acids is 1. The van der Waals surface area contributed by atoms with Crippen LogP contribution in [-0.2, 0) is 4.79 Å². The molecule has 2 aromatic heterocycles. The van der Waals surface area contributed by atoms with Crippen molar-refractivity contribution in [2.75, 3.05) is 0 Å². The van der Waals surface area contributed by atoms with Crippen molar-refractivity contribution < 1.29 is 4.79 Å². The Kier molecular flexibility index (Phi) is 3.35. The molecular formula is C21H20N4O. The summed E-state index contributed by atoms with van der Waals surface area (Å²) in [6.45, 7) is 2.03. The van der Waals surface area contributed by atoms with Gasteiger partial charge in [0.25, 0.3) is 0 Å². The van der Waals surface area contributed by atoms with Gasteiger partial charge in [0, 0.05) is 23.5 Å². The number of aromatic amines is 2. The first-order valence-electron chi connectivity index (χ1n) is 9.01. The highest BCUT2D eigenvalue weighted by Crippen LogP contribution is 2.47. The first-order chi connectivity index (χ1) is 12.7. The monoisotopic (exact) mass is 344 g/mol. The normalized spacial score (nSPS) is 20.3. The maximum absolute atomic E-state index is 12.6. The summed E-state index contributed by atoms with van der Waals surface area (Å²) in [4.78, 5) is 23.8. The zero-order chi connectivity index (χ0) is 17.7. The van der Waals surface area contributed by atoms with E-state index in [0.29, 0.717) is 0 Å². The second kappa shape index (κ2) is 5.73. The Bertz CT molecular complexity index is 1080. The van der Waals surface area contributed by atoms with E-state index in [-0.39, 0.29) is 23.8 Å². The van der Waals surface area contributed by atoms with Gasteiger partial charge in [0.1, 0.15) is 5.82 Å². The van der Waals surface area contributed by atoms with Gasteiger partial charge in [-0.15, -0.1) is 0 Å². The molecule has 5 heteroatoms. The minimum atomic E-state index is -0.0212. The van der Waals surface area contributed by atoms with E-state index in [9.17, 15) is 4.79 Å². The van der Waals surface area contributed by atoms with Gasteiger partial charge in [-0.2, -0.15) is 0 Å². The Morgan fingerprint density at radius 3 is 2.96 bits per heavy atom. The van der Waals surface area contributed by atoms with E-state index in [2.05, 4.69) is 38.5 Å². The van der Waals surface area contributed by atoms with Crippen molar-refractivity contribution in [2.45, 2.75) is 25.3 Å². The SMILES string of the molecule is C[C@@H](NC(=O)C1C[C@@H]1c1nc2ccccc2[nH]1)c1ccc2cc[nH]c2c1. The molecule has 1 aliphatic rings. The molecule has 1 fully saturated rings. The molecule has 26 heavy (non-hydrogen) atoms. The summed E-state index contributed by atoms with van der Waals surface area (Å²) in [5.74, 6) is 1.23. The highest BCUT2D eigenvalue weighted by molar-refractivity contribution is 5.84. The minimum Gasteiger partial charge on any atom is -0.361 e. The van der Waals surface area contributed by atoms with Crippen LogP contribution in [0.3, 0.4) is 0 Å². The van der Waals surface area contributed by atoms with Gasteiger partial charge in [0.15, 0.2) is 0 Å².